The van der Waals surface area contributed by atoms with Crippen LogP contribution in [0.5, 0.6) is 0 Å². The lowest BCUT2D eigenvalue weighted by Crippen LogP contribution is -2.48. The average molecular weight is 258 g/mol. The highest BCUT2D eigenvalue weighted by molar-refractivity contribution is 5.27. The van der Waals surface area contributed by atoms with Crippen LogP contribution < -0.4 is 0 Å². The van der Waals surface area contributed by atoms with Crippen molar-refractivity contribution in [2.45, 2.75) is 24.6 Å². The van der Waals surface area contributed by atoms with Crippen LogP contribution in [-0.2, 0) is 11.2 Å². The molecule has 1 aromatic carbocycles. The van der Waals surface area contributed by atoms with Crippen LogP contribution in [0.3, 0.4) is 0 Å². The van der Waals surface area contributed by atoms with Crippen LogP contribution >= 0.6 is 0 Å². The van der Waals surface area contributed by atoms with Crippen molar-refractivity contribution in [2.24, 2.45) is 0 Å². The van der Waals surface area contributed by atoms with Crippen LogP contribution in [0.1, 0.15) is 12.0 Å². The zero-order valence-electron chi connectivity index (χ0n) is 9.57. The first-order valence-corrected chi connectivity index (χ1v) is 5.57. The zero-order valence-corrected chi connectivity index (χ0v) is 9.57. The minimum Gasteiger partial charge on any atom is -0.501 e. The molecule has 0 saturated heterocycles. The highest BCUT2D eigenvalue weighted by Gasteiger charge is 2.56. The molecule has 18 heavy (non-hydrogen) atoms. The Labute approximate surface area is 103 Å². The molecule has 2 rings (SSSR count). The standard InChI is InChI=1S/C13H13F3O2/c14-13(15,16)12(17,11-6-7-18-9-11)8-10-4-2-1-3-5-10/h1-5,9,17H,6-8H2. The molecule has 5 heteroatoms. The Morgan fingerprint density at radius 2 is 1.83 bits per heavy atom. The number of halogens is 3. The van der Waals surface area contributed by atoms with Gasteiger partial charge in [0.15, 0.2) is 5.60 Å². The van der Waals surface area contributed by atoms with Gasteiger partial charge in [-0.15, -0.1) is 0 Å². The minimum atomic E-state index is -4.72. The molecule has 1 aromatic rings. The van der Waals surface area contributed by atoms with Gasteiger partial charge < -0.3 is 9.84 Å². The molecule has 1 aliphatic rings. The van der Waals surface area contributed by atoms with E-state index < -0.39 is 18.2 Å². The van der Waals surface area contributed by atoms with E-state index in [1.54, 1.807) is 30.3 Å². The Kier molecular flexibility index (Phi) is 3.34. The highest BCUT2D eigenvalue weighted by Crippen LogP contribution is 2.41. The second-order valence-corrected chi connectivity index (χ2v) is 4.28. The van der Waals surface area contributed by atoms with Gasteiger partial charge in [-0.1, -0.05) is 30.3 Å². The molecule has 1 aliphatic heterocycles. The van der Waals surface area contributed by atoms with Gasteiger partial charge in [0, 0.05) is 18.4 Å². The Morgan fingerprint density at radius 1 is 1.17 bits per heavy atom. The third-order valence-corrected chi connectivity index (χ3v) is 3.02. The highest BCUT2D eigenvalue weighted by atomic mass is 19.4. The van der Waals surface area contributed by atoms with E-state index in [2.05, 4.69) is 0 Å². The van der Waals surface area contributed by atoms with E-state index in [-0.39, 0.29) is 18.6 Å². The van der Waals surface area contributed by atoms with E-state index >= 15 is 0 Å². The molecule has 0 bridgehead atoms. The van der Waals surface area contributed by atoms with Gasteiger partial charge in [-0.2, -0.15) is 13.2 Å². The predicted molar refractivity (Wildman–Crippen MR) is 59.8 cm³/mol. The summed E-state index contributed by atoms with van der Waals surface area (Å²) in [7, 11) is 0. The third kappa shape index (κ3) is 2.36. The summed E-state index contributed by atoms with van der Waals surface area (Å²) in [6.45, 7) is 0.183. The number of aliphatic hydroxyl groups is 1. The normalized spacial score (nSPS) is 19.0. The molecule has 0 saturated carbocycles. The van der Waals surface area contributed by atoms with Crippen LogP contribution in [0.2, 0.25) is 0 Å². The van der Waals surface area contributed by atoms with Crippen molar-refractivity contribution in [2.75, 3.05) is 6.61 Å². The van der Waals surface area contributed by atoms with Gasteiger partial charge in [0.05, 0.1) is 12.9 Å². The topological polar surface area (TPSA) is 29.5 Å². The summed E-state index contributed by atoms with van der Waals surface area (Å²) in [5, 5.41) is 10.0. The van der Waals surface area contributed by atoms with Crippen molar-refractivity contribution >= 4 is 0 Å². The van der Waals surface area contributed by atoms with Crippen molar-refractivity contribution in [3.63, 3.8) is 0 Å². The zero-order chi connectivity index (χ0) is 13.2. The number of benzene rings is 1. The number of hydrogen-bond donors (Lipinski definition) is 1. The van der Waals surface area contributed by atoms with Crippen molar-refractivity contribution in [1.29, 1.82) is 0 Å². The minimum absolute atomic E-state index is 0.100. The number of ether oxygens (including phenoxy) is 1. The van der Waals surface area contributed by atoms with Crippen LogP contribution in [0.4, 0.5) is 13.2 Å². The summed E-state index contributed by atoms with van der Waals surface area (Å²) in [6, 6.07) is 8.13. The van der Waals surface area contributed by atoms with Crippen molar-refractivity contribution < 1.29 is 23.0 Å². The fourth-order valence-electron chi connectivity index (χ4n) is 1.98. The van der Waals surface area contributed by atoms with E-state index in [1.807, 2.05) is 0 Å². The van der Waals surface area contributed by atoms with Crippen LogP contribution in [0, 0.1) is 0 Å². The van der Waals surface area contributed by atoms with E-state index in [9.17, 15) is 18.3 Å². The van der Waals surface area contributed by atoms with Gasteiger partial charge in [-0.25, -0.2) is 0 Å². The molecule has 98 valence electrons. The summed E-state index contributed by atoms with van der Waals surface area (Å²) in [5.41, 5.74) is -2.52. The summed E-state index contributed by atoms with van der Waals surface area (Å²) in [5.74, 6) is 0. The van der Waals surface area contributed by atoms with E-state index in [0.717, 1.165) is 6.26 Å². The number of hydrogen-bond acceptors (Lipinski definition) is 2. The molecule has 1 atom stereocenters. The summed E-state index contributed by atoms with van der Waals surface area (Å²) in [4.78, 5) is 0. The molecule has 1 N–H and O–H groups in total. The maximum absolute atomic E-state index is 13.1. The lowest BCUT2D eigenvalue weighted by Gasteiger charge is -2.31. The van der Waals surface area contributed by atoms with E-state index in [1.165, 1.54) is 0 Å². The Morgan fingerprint density at radius 3 is 2.33 bits per heavy atom. The Bertz CT molecular complexity index is 439. The second kappa shape index (κ2) is 4.65. The van der Waals surface area contributed by atoms with Crippen LogP contribution in [-0.4, -0.2) is 23.5 Å². The third-order valence-electron chi connectivity index (χ3n) is 3.02. The molecule has 1 heterocycles. The van der Waals surface area contributed by atoms with Crippen LogP contribution in [0.25, 0.3) is 0 Å². The average Bonchev–Trinajstić information content (AvgIpc) is 2.82. The van der Waals surface area contributed by atoms with Gasteiger partial charge in [0.25, 0.3) is 0 Å². The van der Waals surface area contributed by atoms with E-state index in [4.69, 9.17) is 4.74 Å². The predicted octanol–water partition coefficient (Wildman–Crippen LogP) is 2.83. The molecule has 0 aliphatic carbocycles. The number of alkyl halides is 3. The lowest BCUT2D eigenvalue weighted by molar-refractivity contribution is -0.244. The van der Waals surface area contributed by atoms with Crippen molar-refractivity contribution in [3.8, 4) is 0 Å². The largest absolute Gasteiger partial charge is 0.501 e. The first-order valence-electron chi connectivity index (χ1n) is 5.57. The second-order valence-electron chi connectivity index (χ2n) is 4.28. The fourth-order valence-corrected chi connectivity index (χ4v) is 1.98. The smallest absolute Gasteiger partial charge is 0.421 e. The van der Waals surface area contributed by atoms with Crippen LogP contribution in [0.15, 0.2) is 42.2 Å². The molecule has 0 aromatic heterocycles. The molecule has 0 fully saturated rings. The maximum atomic E-state index is 13.1. The molecule has 0 radical (unpaired) electrons. The van der Waals surface area contributed by atoms with Gasteiger partial charge in [-0.05, 0) is 5.56 Å². The molecule has 0 amide bonds. The maximum Gasteiger partial charge on any atom is 0.421 e. The van der Waals surface area contributed by atoms with Gasteiger partial charge in [0.1, 0.15) is 0 Å². The quantitative estimate of drug-likeness (QED) is 0.903. The molecule has 1 unspecified atom stereocenters. The van der Waals surface area contributed by atoms with Crippen molar-refractivity contribution in [3.05, 3.63) is 47.7 Å². The first-order chi connectivity index (χ1) is 8.43. The summed E-state index contributed by atoms with van der Waals surface area (Å²) >= 11 is 0. The summed E-state index contributed by atoms with van der Waals surface area (Å²) in [6.07, 6.45) is -4.09. The van der Waals surface area contributed by atoms with Crippen molar-refractivity contribution in [1.82, 2.24) is 0 Å². The molecule has 0 spiro atoms. The fraction of sp³-hybridized carbons (Fsp3) is 0.385. The first kappa shape index (κ1) is 13.0. The van der Waals surface area contributed by atoms with Gasteiger partial charge >= 0.3 is 6.18 Å². The molecular weight excluding hydrogens is 245 g/mol. The monoisotopic (exact) mass is 258 g/mol. The SMILES string of the molecule is OC(Cc1ccccc1)(C1=COCC1)C(F)(F)F. The Hall–Kier alpha value is -1.49. The molecule has 2 nitrogen and oxygen atoms in total. The Balaban J connectivity index is 2.31. The van der Waals surface area contributed by atoms with E-state index in [0.29, 0.717) is 5.56 Å². The lowest BCUT2D eigenvalue weighted by atomic mass is 9.86. The van der Waals surface area contributed by atoms with Gasteiger partial charge in [0.2, 0.25) is 0 Å². The molecular formula is C13H13F3O2. The van der Waals surface area contributed by atoms with Gasteiger partial charge in [-0.3, -0.25) is 0 Å². The number of rotatable bonds is 3. The summed E-state index contributed by atoms with van der Waals surface area (Å²) < 4.78 is 44.1.